The van der Waals surface area contributed by atoms with Crippen molar-refractivity contribution in [2.75, 3.05) is 13.2 Å². The molecule has 1 aromatic carbocycles. The van der Waals surface area contributed by atoms with Crippen LogP contribution in [0.4, 0.5) is 0 Å². The highest BCUT2D eigenvalue weighted by Crippen LogP contribution is 2.25. The Morgan fingerprint density at radius 2 is 2.20 bits per heavy atom. The van der Waals surface area contributed by atoms with Gasteiger partial charge in [-0.1, -0.05) is 17.7 Å². The SMILES string of the molecule is Cc1ccc(Cl)cc1S(=O)(=O)NC1(C(=O)O)CCOC1. The number of nitrogens with one attached hydrogen (secondary N) is 1. The van der Waals surface area contributed by atoms with Gasteiger partial charge in [0.15, 0.2) is 5.54 Å². The van der Waals surface area contributed by atoms with Crippen LogP contribution in [-0.2, 0) is 19.6 Å². The van der Waals surface area contributed by atoms with Crippen LogP contribution in [0.2, 0.25) is 5.02 Å². The number of carbonyl (C=O) groups is 1. The Hall–Kier alpha value is -1.15. The molecule has 1 heterocycles. The molecule has 2 rings (SSSR count). The number of hydrogen-bond acceptors (Lipinski definition) is 4. The summed E-state index contributed by atoms with van der Waals surface area (Å²) in [6, 6.07) is 4.43. The molecule has 0 aliphatic carbocycles. The monoisotopic (exact) mass is 319 g/mol. The maximum absolute atomic E-state index is 12.4. The van der Waals surface area contributed by atoms with Crippen molar-refractivity contribution >= 4 is 27.6 Å². The van der Waals surface area contributed by atoms with Crippen molar-refractivity contribution in [2.45, 2.75) is 23.8 Å². The van der Waals surface area contributed by atoms with Crippen molar-refractivity contribution in [2.24, 2.45) is 0 Å². The molecule has 0 saturated carbocycles. The van der Waals surface area contributed by atoms with E-state index in [2.05, 4.69) is 4.72 Å². The molecule has 8 heteroatoms. The van der Waals surface area contributed by atoms with Crippen molar-refractivity contribution in [1.82, 2.24) is 4.72 Å². The molecule has 1 aliphatic heterocycles. The van der Waals surface area contributed by atoms with Gasteiger partial charge in [0.25, 0.3) is 0 Å². The van der Waals surface area contributed by atoms with Crippen LogP contribution >= 0.6 is 11.6 Å². The summed E-state index contributed by atoms with van der Waals surface area (Å²) in [6.07, 6.45) is 0.0845. The van der Waals surface area contributed by atoms with Crippen LogP contribution in [0.5, 0.6) is 0 Å². The first kappa shape index (κ1) is 15.2. The zero-order valence-corrected chi connectivity index (χ0v) is 12.3. The number of hydrogen-bond donors (Lipinski definition) is 2. The number of ether oxygens (including phenoxy) is 1. The molecule has 1 aromatic rings. The highest BCUT2D eigenvalue weighted by atomic mass is 35.5. The standard InChI is InChI=1S/C12H14ClNO5S/c1-8-2-3-9(13)6-10(8)20(17,18)14-12(11(15)16)4-5-19-7-12/h2-3,6,14H,4-5,7H2,1H3,(H,15,16). The van der Waals surface area contributed by atoms with Gasteiger partial charge in [-0.15, -0.1) is 0 Å². The van der Waals surface area contributed by atoms with Crippen LogP contribution in [0.15, 0.2) is 23.1 Å². The smallest absolute Gasteiger partial charge is 0.327 e. The zero-order valence-electron chi connectivity index (χ0n) is 10.7. The highest BCUT2D eigenvalue weighted by Gasteiger charge is 2.46. The van der Waals surface area contributed by atoms with Gasteiger partial charge in [0, 0.05) is 18.1 Å². The lowest BCUT2D eigenvalue weighted by molar-refractivity contribution is -0.144. The van der Waals surface area contributed by atoms with E-state index in [0.717, 1.165) is 0 Å². The van der Waals surface area contributed by atoms with Gasteiger partial charge in [-0.25, -0.2) is 8.42 Å². The summed E-state index contributed by atoms with van der Waals surface area (Å²) in [5, 5.41) is 9.53. The van der Waals surface area contributed by atoms with E-state index in [9.17, 15) is 18.3 Å². The molecule has 1 atom stereocenters. The van der Waals surface area contributed by atoms with Gasteiger partial charge in [0.05, 0.1) is 11.5 Å². The van der Waals surface area contributed by atoms with Crippen LogP contribution in [0, 0.1) is 6.92 Å². The molecule has 0 radical (unpaired) electrons. The second-order valence-electron chi connectivity index (χ2n) is 4.71. The van der Waals surface area contributed by atoms with Gasteiger partial charge in [-0.3, -0.25) is 4.79 Å². The van der Waals surface area contributed by atoms with Crippen molar-refractivity contribution in [3.8, 4) is 0 Å². The van der Waals surface area contributed by atoms with Gasteiger partial charge >= 0.3 is 5.97 Å². The first-order valence-electron chi connectivity index (χ1n) is 5.88. The highest BCUT2D eigenvalue weighted by molar-refractivity contribution is 7.89. The van der Waals surface area contributed by atoms with E-state index >= 15 is 0 Å². The lowest BCUT2D eigenvalue weighted by atomic mass is 10.0. The molecule has 2 N–H and O–H groups in total. The molecule has 6 nitrogen and oxygen atoms in total. The van der Waals surface area contributed by atoms with Gasteiger partial charge in [0.1, 0.15) is 0 Å². The topological polar surface area (TPSA) is 92.7 Å². The fraction of sp³-hybridized carbons (Fsp3) is 0.417. The summed E-state index contributed by atoms with van der Waals surface area (Å²) in [5.41, 5.74) is -1.13. The van der Waals surface area contributed by atoms with Gasteiger partial charge in [-0.05, 0) is 24.6 Å². The van der Waals surface area contributed by atoms with Crippen molar-refractivity contribution in [1.29, 1.82) is 0 Å². The number of rotatable bonds is 4. The molecular weight excluding hydrogens is 306 g/mol. The lowest BCUT2D eigenvalue weighted by Gasteiger charge is -2.24. The first-order valence-corrected chi connectivity index (χ1v) is 7.74. The van der Waals surface area contributed by atoms with Crippen molar-refractivity contribution < 1.29 is 23.1 Å². The average Bonchev–Trinajstić information content (AvgIpc) is 2.81. The Labute approximate surface area is 121 Å². The fourth-order valence-electron chi connectivity index (χ4n) is 2.03. The fourth-order valence-corrected chi connectivity index (χ4v) is 3.92. The Bertz CT molecular complexity index is 637. The second-order valence-corrected chi connectivity index (χ2v) is 6.79. The molecule has 0 aromatic heterocycles. The molecule has 1 saturated heterocycles. The van der Waals surface area contributed by atoms with Crippen LogP contribution < -0.4 is 4.72 Å². The largest absolute Gasteiger partial charge is 0.480 e. The molecule has 1 unspecified atom stereocenters. The maximum Gasteiger partial charge on any atom is 0.327 e. The van der Waals surface area contributed by atoms with E-state index in [-0.39, 0.29) is 29.6 Å². The minimum Gasteiger partial charge on any atom is -0.480 e. The average molecular weight is 320 g/mol. The molecule has 0 amide bonds. The number of carboxylic acid groups (broad SMARTS) is 1. The number of carboxylic acids is 1. The van der Waals surface area contributed by atoms with Gasteiger partial charge in [-0.2, -0.15) is 4.72 Å². The Morgan fingerprint density at radius 3 is 2.75 bits per heavy atom. The number of benzene rings is 1. The third kappa shape index (κ3) is 2.80. The van der Waals surface area contributed by atoms with E-state index in [1.54, 1.807) is 19.1 Å². The molecule has 20 heavy (non-hydrogen) atoms. The molecular formula is C12H14ClNO5S. The van der Waals surface area contributed by atoms with E-state index < -0.39 is 21.5 Å². The maximum atomic E-state index is 12.4. The Kier molecular flexibility index (Phi) is 4.06. The summed E-state index contributed by atoms with van der Waals surface area (Å²) in [5.74, 6) is -1.25. The molecule has 0 bridgehead atoms. The van der Waals surface area contributed by atoms with Crippen LogP contribution in [0.3, 0.4) is 0 Å². The number of aliphatic carboxylic acids is 1. The predicted octanol–water partition coefficient (Wildman–Crippen LogP) is 1.17. The quantitative estimate of drug-likeness (QED) is 0.869. The van der Waals surface area contributed by atoms with E-state index in [1.807, 2.05) is 0 Å². The predicted molar refractivity (Wildman–Crippen MR) is 72.3 cm³/mol. The molecule has 0 spiro atoms. The molecule has 110 valence electrons. The molecule has 1 aliphatic rings. The number of aryl methyl sites for hydroxylation is 1. The Balaban J connectivity index is 2.40. The summed E-state index contributed by atoms with van der Waals surface area (Å²) in [7, 11) is -4.00. The number of halogens is 1. The van der Waals surface area contributed by atoms with Crippen LogP contribution in [0.1, 0.15) is 12.0 Å². The third-order valence-electron chi connectivity index (χ3n) is 3.20. The minimum atomic E-state index is -4.00. The minimum absolute atomic E-state index is 0.0301. The van der Waals surface area contributed by atoms with E-state index in [0.29, 0.717) is 5.56 Å². The van der Waals surface area contributed by atoms with Crippen LogP contribution in [0.25, 0.3) is 0 Å². The number of sulfonamides is 1. The van der Waals surface area contributed by atoms with Crippen molar-refractivity contribution in [3.63, 3.8) is 0 Å². The van der Waals surface area contributed by atoms with E-state index in [4.69, 9.17) is 16.3 Å². The third-order valence-corrected chi connectivity index (χ3v) is 5.11. The normalized spacial score (nSPS) is 22.9. The van der Waals surface area contributed by atoms with Crippen LogP contribution in [-0.4, -0.2) is 38.2 Å². The summed E-state index contributed by atoms with van der Waals surface area (Å²) >= 11 is 5.80. The Morgan fingerprint density at radius 1 is 1.50 bits per heavy atom. The lowest BCUT2D eigenvalue weighted by Crippen LogP contribution is -2.55. The first-order chi connectivity index (χ1) is 9.27. The second kappa shape index (κ2) is 5.33. The summed E-state index contributed by atoms with van der Waals surface area (Å²) in [4.78, 5) is 11.3. The zero-order chi connectivity index (χ0) is 15.0. The van der Waals surface area contributed by atoms with Gasteiger partial charge in [0.2, 0.25) is 10.0 Å². The molecule has 1 fully saturated rings. The summed E-state index contributed by atoms with van der Waals surface area (Å²) < 4.78 is 32.0. The van der Waals surface area contributed by atoms with Gasteiger partial charge < -0.3 is 9.84 Å². The van der Waals surface area contributed by atoms with Crippen molar-refractivity contribution in [3.05, 3.63) is 28.8 Å². The summed E-state index contributed by atoms with van der Waals surface area (Å²) in [6.45, 7) is 1.62. The van der Waals surface area contributed by atoms with E-state index in [1.165, 1.54) is 6.07 Å².